The summed E-state index contributed by atoms with van der Waals surface area (Å²) in [5, 5.41) is 14.5. The van der Waals surface area contributed by atoms with Gasteiger partial charge in [-0.25, -0.2) is 15.0 Å². The molecule has 17 heteroatoms. The number of thiophene rings is 1. The van der Waals surface area contributed by atoms with Crippen LogP contribution in [0.3, 0.4) is 0 Å². The van der Waals surface area contributed by atoms with Crippen molar-refractivity contribution < 1.29 is 0 Å². The molecule has 0 bridgehead atoms. The van der Waals surface area contributed by atoms with Gasteiger partial charge in [-0.2, -0.15) is 0 Å². The van der Waals surface area contributed by atoms with E-state index in [1.54, 1.807) is 0 Å². The van der Waals surface area contributed by atoms with Crippen LogP contribution in [0.2, 0.25) is 0 Å². The molecule has 0 spiro atoms. The summed E-state index contributed by atoms with van der Waals surface area (Å²) in [5.74, 6) is 3.79. The number of fused-ring (bicyclic) bond motifs is 31. The highest BCUT2D eigenvalue weighted by Gasteiger charge is 2.43. The lowest BCUT2D eigenvalue weighted by Gasteiger charge is -2.31. The zero-order chi connectivity index (χ0) is 99.6. The monoisotopic (exact) mass is 1950 g/mol. The van der Waals surface area contributed by atoms with E-state index >= 15 is 0 Å². The van der Waals surface area contributed by atoms with Crippen LogP contribution in [-0.4, -0.2) is 81.4 Å². The smallest absolute Gasteiger partial charge is 0.145 e. The van der Waals surface area contributed by atoms with E-state index in [0.29, 0.717) is 0 Å². The number of hydrogen-bond donors (Lipinski definition) is 0. The molecule has 0 radical (unpaired) electrons. The number of nitrogens with zero attached hydrogens (tertiary/aromatic N) is 16. The van der Waals surface area contributed by atoms with Crippen LogP contribution in [0.15, 0.2) is 478 Å². The van der Waals surface area contributed by atoms with Gasteiger partial charge in [0.15, 0.2) is 0 Å². The van der Waals surface area contributed by atoms with Gasteiger partial charge in [0, 0.05) is 249 Å². The van der Waals surface area contributed by atoms with Gasteiger partial charge in [0.2, 0.25) is 0 Å². The van der Waals surface area contributed by atoms with Gasteiger partial charge in [-0.3, -0.25) is 53.6 Å². The Morgan fingerprint density at radius 2 is 0.593 bits per heavy atom. The fourth-order valence-electron chi connectivity index (χ4n) is 23.7. The Labute approximate surface area is 869 Å². The molecule has 14 aromatic carbocycles. The molecule has 712 valence electrons. The van der Waals surface area contributed by atoms with Crippen LogP contribution in [0.1, 0.15) is 95.6 Å². The summed E-state index contributed by atoms with van der Waals surface area (Å²) in [4.78, 5) is 54.1. The van der Waals surface area contributed by atoms with Crippen molar-refractivity contribution in [3.8, 4) is 117 Å². The van der Waals surface area contributed by atoms with Crippen molar-refractivity contribution >= 4 is 117 Å². The van der Waals surface area contributed by atoms with Gasteiger partial charge in [0.25, 0.3) is 0 Å². The molecule has 0 N–H and O–H groups in total. The molecule has 6 unspecified atom stereocenters. The van der Waals surface area contributed by atoms with Crippen molar-refractivity contribution in [2.24, 2.45) is 15.0 Å². The van der Waals surface area contributed by atoms with E-state index < -0.39 is 0 Å². The fourth-order valence-corrected chi connectivity index (χ4v) is 25.0. The molecule has 6 aliphatic rings. The molecule has 31 rings (SSSR count). The Bertz CT molecular complexity index is 9610. The quantitative estimate of drug-likeness (QED) is 0.122. The number of imidazole rings is 3. The summed E-state index contributed by atoms with van der Waals surface area (Å²) >= 11 is 1.89. The molecule has 14 heterocycles. The Kier molecular flexibility index (Phi) is 21.7. The molecule has 0 saturated carbocycles. The fraction of sp³-hybridized carbons (Fsp3) is 0.0752. The zero-order valence-electron chi connectivity index (χ0n) is 82.1. The maximum atomic E-state index is 5.29. The van der Waals surface area contributed by atoms with Gasteiger partial charge in [-0.1, -0.05) is 282 Å². The van der Waals surface area contributed by atoms with Crippen molar-refractivity contribution in [2.45, 2.75) is 61.7 Å². The first kappa shape index (κ1) is 88.7. The third kappa shape index (κ3) is 14.8. The van der Waals surface area contributed by atoms with E-state index in [1.807, 2.05) is 122 Å². The second-order valence-electron chi connectivity index (χ2n) is 39.9. The van der Waals surface area contributed by atoms with Crippen LogP contribution in [0.4, 0.5) is 0 Å². The Balaban J connectivity index is 0.0000000997. The predicted molar refractivity (Wildman–Crippen MR) is 614 cm³/mol. The first-order chi connectivity index (χ1) is 74.2. The van der Waals surface area contributed by atoms with Crippen molar-refractivity contribution in [1.82, 2.24) is 62.7 Å². The maximum absolute atomic E-state index is 5.29. The number of hydrogen-bond acceptors (Lipinski definition) is 12. The molecule has 0 fully saturated rings. The van der Waals surface area contributed by atoms with Gasteiger partial charge in [-0.15, -0.1) is 11.3 Å². The van der Waals surface area contributed by atoms with E-state index in [4.69, 9.17) is 15.0 Å². The van der Waals surface area contributed by atoms with Crippen LogP contribution < -0.4 is 0 Å². The molecule has 6 atom stereocenters. The largest absolute Gasteiger partial charge is 0.309 e. The molecule has 150 heavy (non-hydrogen) atoms. The molecule has 0 amide bonds. The SMILES string of the molecule is C1=CC2c3c(nc(-c4ccccc4)n3-c3cccc4ccccc34)-c3ccncc3C2C=N1.C1=CC2c3c(nc(-c4ccccc4)n3-c3ccccc3)-c3ccncc3C2C=N1.CC(C)(C)c1ccc(-n2c(-c3ccccc3)nc3c2C2C=CN=CC2c2cnccc2-3)cc1.c1ccc(-n2c3ccccc3c3cc(-c4sc(-c5ccc6c(c5)c5ccccc5n6-c5ccccc5)c5c6ccncc6c6cnccc6c45)ccc32)cc1. The number of para-hydroxylation sites is 5. The number of aromatic nitrogens is 13. The summed E-state index contributed by atoms with van der Waals surface area (Å²) in [6.45, 7) is 6.74. The van der Waals surface area contributed by atoms with Crippen LogP contribution in [0.5, 0.6) is 0 Å². The lowest BCUT2D eigenvalue weighted by molar-refractivity contribution is 0.590. The maximum Gasteiger partial charge on any atom is 0.145 e. The van der Waals surface area contributed by atoms with Crippen LogP contribution >= 0.6 is 11.3 Å². The lowest BCUT2D eigenvalue weighted by atomic mass is 9.76. The van der Waals surface area contributed by atoms with Gasteiger partial charge in [0.05, 0.1) is 61.9 Å². The Morgan fingerprint density at radius 1 is 0.253 bits per heavy atom. The first-order valence-electron chi connectivity index (χ1n) is 51.0. The van der Waals surface area contributed by atoms with Gasteiger partial charge >= 0.3 is 0 Å². The summed E-state index contributed by atoms with van der Waals surface area (Å²) in [7, 11) is 0. The van der Waals surface area contributed by atoms with Gasteiger partial charge in [-0.05, 0) is 176 Å². The topological polar surface area (TPSA) is 165 Å². The summed E-state index contributed by atoms with van der Waals surface area (Å²) in [6, 6.07) is 129. The average Bonchev–Trinajstić information content (AvgIpc) is 1.55. The molecule has 3 aliphatic carbocycles. The minimum atomic E-state index is 0.106. The van der Waals surface area contributed by atoms with Crippen molar-refractivity contribution in [3.63, 3.8) is 0 Å². The van der Waals surface area contributed by atoms with Crippen LogP contribution in [0.25, 0.3) is 204 Å². The van der Waals surface area contributed by atoms with Gasteiger partial charge in [0.1, 0.15) is 17.5 Å². The van der Waals surface area contributed by atoms with Crippen molar-refractivity contribution in [1.29, 1.82) is 0 Å². The van der Waals surface area contributed by atoms with E-state index in [9.17, 15) is 0 Å². The highest BCUT2D eigenvalue weighted by molar-refractivity contribution is 7.21. The second-order valence-corrected chi connectivity index (χ2v) is 40.9. The van der Waals surface area contributed by atoms with Crippen LogP contribution in [0, 0.1) is 0 Å². The second kappa shape index (κ2) is 36.7. The lowest BCUT2D eigenvalue weighted by Crippen LogP contribution is -2.22. The van der Waals surface area contributed by atoms with E-state index in [2.05, 4.69) is 454 Å². The molecule has 25 aromatic rings. The third-order valence-corrected chi connectivity index (χ3v) is 31.8. The predicted octanol–water partition coefficient (Wildman–Crippen LogP) is 32.1. The van der Waals surface area contributed by atoms with Crippen molar-refractivity contribution in [3.05, 3.63) is 502 Å². The number of rotatable bonds is 10. The minimum Gasteiger partial charge on any atom is -0.309 e. The van der Waals surface area contributed by atoms with E-state index in [1.165, 1.54) is 136 Å². The standard InChI is InChI=1S/C50H30N4S.C29H20N4.C29H26N4.C25H18N4/c1-3-11-33(12-4-1)53-43-17-9-7-15-35(43)39-27-31(19-21-45(39)53)49-47-37-23-25-51-29-41(37)42-30-52-26-24-38(42)48(47)50(55-49)32-20-22-46-40(28-32)36-16-8-10-18-44(36)54(46)34-13-5-2-6-14-34;1-2-8-20(9-3-1)29-32-27-22-13-15-30-17-24(22)25-18-31-16-14-23(25)28(27)33(29)26-12-6-10-19-7-4-5-11-21(19)26;1-29(2,3)20-9-11-21(12-10-20)33-27-23-14-16-31-18-25(23)24-17-30-15-13-22(24)26(27)32-28(33)19-7-5-4-6-8-19;1-3-7-17(8-4-1)25-28-23-19-11-13-26-15-21(19)22-16-27-14-12-20(22)24(23)29(25)18-9-5-2-6-10-18/h1-30H;1-18,23,25H;4-18,23,25H,1-3H3;1-16,20,22H. The number of aliphatic imine (C=N–C) groups is 3. The molecule has 16 nitrogen and oxygen atoms in total. The van der Waals surface area contributed by atoms with Gasteiger partial charge < -0.3 is 9.13 Å². The Morgan fingerprint density at radius 3 is 1.01 bits per heavy atom. The summed E-state index contributed by atoms with van der Waals surface area (Å²) in [5.41, 5.74) is 31.4. The number of pyridine rings is 5. The molecule has 0 saturated heterocycles. The normalized spacial score (nSPS) is 16.1. The number of allylic oxidation sites excluding steroid dienone is 3. The van der Waals surface area contributed by atoms with E-state index in [0.717, 1.165) is 107 Å². The Hall–Kier alpha value is -19.0. The highest BCUT2D eigenvalue weighted by Crippen LogP contribution is 2.57. The molecular formula is C133H94N16S. The third-order valence-electron chi connectivity index (χ3n) is 30.5. The molecule has 3 aliphatic heterocycles. The zero-order valence-corrected chi connectivity index (χ0v) is 83.0. The highest BCUT2D eigenvalue weighted by atomic mass is 32.1. The molecular weight excluding hydrogens is 1850 g/mol. The summed E-state index contributed by atoms with van der Waals surface area (Å²) < 4.78 is 11.8. The first-order valence-corrected chi connectivity index (χ1v) is 51.8. The van der Waals surface area contributed by atoms with E-state index in [-0.39, 0.29) is 40.9 Å². The van der Waals surface area contributed by atoms with Crippen LogP contribution in [-0.2, 0) is 5.41 Å². The van der Waals surface area contributed by atoms with Crippen molar-refractivity contribution in [2.75, 3.05) is 0 Å². The minimum absolute atomic E-state index is 0.106. The number of benzene rings is 14. The average molecular weight is 1950 g/mol. The molecule has 11 aromatic heterocycles. The summed E-state index contributed by atoms with van der Waals surface area (Å²) in [6.07, 6.45) is 37.8.